The summed E-state index contributed by atoms with van der Waals surface area (Å²) in [5, 5.41) is 0. The first-order valence-electron chi connectivity index (χ1n) is 4.80. The summed E-state index contributed by atoms with van der Waals surface area (Å²) in [5.74, 6) is 0. The summed E-state index contributed by atoms with van der Waals surface area (Å²) >= 11 is 6.48. The zero-order valence-corrected chi connectivity index (χ0v) is 10.1. The van der Waals surface area contributed by atoms with Crippen LogP contribution in [-0.4, -0.2) is 13.2 Å². The van der Waals surface area contributed by atoms with E-state index in [0.29, 0.717) is 0 Å². The van der Waals surface area contributed by atoms with E-state index in [1.54, 1.807) is 0 Å². The molecule has 0 saturated carbocycles. The lowest BCUT2D eigenvalue weighted by Gasteiger charge is -2.35. The van der Waals surface area contributed by atoms with Crippen LogP contribution in [0.1, 0.15) is 40.0 Å². The van der Waals surface area contributed by atoms with Crippen LogP contribution in [0.5, 0.6) is 0 Å². The Hall–Kier alpha value is 0.467. The van der Waals surface area contributed by atoms with E-state index in [0.717, 1.165) is 12.1 Å². The molecule has 0 aliphatic carbocycles. The van der Waals surface area contributed by atoms with Crippen molar-refractivity contribution in [2.75, 3.05) is 0 Å². The summed E-state index contributed by atoms with van der Waals surface area (Å²) in [5.41, 5.74) is -0.0503. The molecule has 1 nitrogen and oxygen atoms in total. The second-order valence-corrected chi connectivity index (χ2v) is 9.69. The molecule has 0 bridgehead atoms. The molecule has 1 heterocycles. The van der Waals surface area contributed by atoms with Gasteiger partial charge in [0.15, 0.2) is 0 Å². The molecule has 1 aliphatic rings. The highest BCUT2D eigenvalue weighted by molar-refractivity contribution is 7.16. The SMILES string of the molecule is CC(C)(C)O[Si]1(Cl)CCCCC1. The summed E-state index contributed by atoms with van der Waals surface area (Å²) in [6.07, 6.45) is 3.88. The fraction of sp³-hybridized carbons (Fsp3) is 1.00. The minimum atomic E-state index is -1.80. The second kappa shape index (κ2) is 3.68. The third-order valence-electron chi connectivity index (χ3n) is 2.09. The Kier molecular flexibility index (Phi) is 3.24. The van der Waals surface area contributed by atoms with Crippen molar-refractivity contribution in [2.45, 2.75) is 57.7 Å². The summed E-state index contributed by atoms with van der Waals surface area (Å²) in [7, 11) is -1.80. The first kappa shape index (κ1) is 10.5. The second-order valence-electron chi connectivity index (χ2n) is 4.66. The normalized spacial score (nSPS) is 24.0. The number of hydrogen-bond donors (Lipinski definition) is 0. The van der Waals surface area contributed by atoms with E-state index in [1.165, 1.54) is 19.3 Å². The number of rotatable bonds is 1. The summed E-state index contributed by atoms with van der Waals surface area (Å²) < 4.78 is 5.97. The van der Waals surface area contributed by atoms with Crippen molar-refractivity contribution in [3.63, 3.8) is 0 Å². The van der Waals surface area contributed by atoms with Gasteiger partial charge in [-0.05, 0) is 32.9 Å². The van der Waals surface area contributed by atoms with Gasteiger partial charge in [0.05, 0.1) is 0 Å². The summed E-state index contributed by atoms with van der Waals surface area (Å²) in [6.45, 7) is 6.29. The minimum Gasteiger partial charge on any atom is -0.398 e. The van der Waals surface area contributed by atoms with Crippen molar-refractivity contribution in [2.24, 2.45) is 0 Å². The maximum Gasteiger partial charge on any atom is 0.290 e. The Labute approximate surface area is 81.3 Å². The molecule has 0 spiro atoms. The van der Waals surface area contributed by atoms with Crippen LogP contribution >= 0.6 is 11.1 Å². The Morgan fingerprint density at radius 3 is 2.00 bits per heavy atom. The maximum absolute atomic E-state index is 6.48. The van der Waals surface area contributed by atoms with Gasteiger partial charge in [0.2, 0.25) is 0 Å². The van der Waals surface area contributed by atoms with Gasteiger partial charge in [0, 0.05) is 5.60 Å². The monoisotopic (exact) mass is 206 g/mol. The zero-order chi connectivity index (χ0) is 9.24. The molecule has 1 saturated heterocycles. The van der Waals surface area contributed by atoms with Gasteiger partial charge >= 0.3 is 0 Å². The molecule has 0 unspecified atom stereocenters. The molecule has 0 atom stereocenters. The Morgan fingerprint density at radius 2 is 1.58 bits per heavy atom. The highest BCUT2D eigenvalue weighted by Crippen LogP contribution is 2.35. The van der Waals surface area contributed by atoms with E-state index in [2.05, 4.69) is 20.8 Å². The van der Waals surface area contributed by atoms with E-state index in [-0.39, 0.29) is 5.60 Å². The van der Waals surface area contributed by atoms with Crippen LogP contribution < -0.4 is 0 Å². The van der Waals surface area contributed by atoms with Gasteiger partial charge in [-0.25, -0.2) is 0 Å². The third kappa shape index (κ3) is 3.46. The molecule has 0 radical (unpaired) electrons. The molecule has 0 aromatic carbocycles. The molecule has 1 fully saturated rings. The first-order chi connectivity index (χ1) is 5.41. The topological polar surface area (TPSA) is 9.23 Å². The zero-order valence-electron chi connectivity index (χ0n) is 8.32. The van der Waals surface area contributed by atoms with E-state index >= 15 is 0 Å². The van der Waals surface area contributed by atoms with E-state index < -0.39 is 7.63 Å². The van der Waals surface area contributed by atoms with Gasteiger partial charge in [-0.3, -0.25) is 0 Å². The predicted molar refractivity (Wildman–Crippen MR) is 55.9 cm³/mol. The maximum atomic E-state index is 6.48. The fourth-order valence-electron chi connectivity index (χ4n) is 1.73. The van der Waals surface area contributed by atoms with Crippen LogP contribution in [0.2, 0.25) is 12.1 Å². The van der Waals surface area contributed by atoms with E-state index in [4.69, 9.17) is 15.5 Å². The van der Waals surface area contributed by atoms with Crippen molar-refractivity contribution in [3.05, 3.63) is 0 Å². The van der Waals surface area contributed by atoms with Gasteiger partial charge in [-0.15, -0.1) is 11.1 Å². The van der Waals surface area contributed by atoms with Gasteiger partial charge in [0.25, 0.3) is 7.63 Å². The Balaban J connectivity index is 2.47. The van der Waals surface area contributed by atoms with Crippen molar-refractivity contribution in [3.8, 4) is 0 Å². The fourth-order valence-corrected chi connectivity index (χ4v) is 6.33. The summed E-state index contributed by atoms with van der Waals surface area (Å²) in [4.78, 5) is 0. The molecule has 1 aliphatic heterocycles. The molecule has 0 aromatic rings. The summed E-state index contributed by atoms with van der Waals surface area (Å²) in [6, 6.07) is 2.29. The molecule has 72 valence electrons. The molecule has 0 N–H and O–H groups in total. The van der Waals surface area contributed by atoms with Crippen molar-refractivity contribution < 1.29 is 4.43 Å². The van der Waals surface area contributed by atoms with Crippen LogP contribution in [0.4, 0.5) is 0 Å². The van der Waals surface area contributed by atoms with Gasteiger partial charge in [0.1, 0.15) is 0 Å². The molecule has 1 rings (SSSR count). The van der Waals surface area contributed by atoms with Crippen molar-refractivity contribution in [1.29, 1.82) is 0 Å². The lowest BCUT2D eigenvalue weighted by molar-refractivity contribution is 0.121. The van der Waals surface area contributed by atoms with E-state index in [9.17, 15) is 0 Å². The van der Waals surface area contributed by atoms with E-state index in [1.807, 2.05) is 0 Å². The quantitative estimate of drug-likeness (QED) is 0.470. The highest BCUT2D eigenvalue weighted by Gasteiger charge is 2.38. The first-order valence-corrected chi connectivity index (χ1v) is 8.14. The van der Waals surface area contributed by atoms with Gasteiger partial charge in [-0.2, -0.15) is 0 Å². The molecule has 0 aromatic heterocycles. The average molecular weight is 207 g/mol. The standard InChI is InChI=1S/C9H19ClOSi/c1-9(2,3)11-12(10)7-5-4-6-8-12/h4-8H2,1-3H3. The van der Waals surface area contributed by atoms with Gasteiger partial charge < -0.3 is 4.43 Å². The predicted octanol–water partition coefficient (Wildman–Crippen LogP) is 3.67. The molecular formula is C9H19ClOSi. The third-order valence-corrected chi connectivity index (χ3v) is 6.63. The smallest absolute Gasteiger partial charge is 0.290 e. The van der Waals surface area contributed by atoms with Crippen LogP contribution in [0.15, 0.2) is 0 Å². The number of hydrogen-bond acceptors (Lipinski definition) is 1. The lowest BCUT2D eigenvalue weighted by Crippen LogP contribution is -2.41. The molecular weight excluding hydrogens is 188 g/mol. The lowest BCUT2D eigenvalue weighted by atomic mass is 10.2. The van der Waals surface area contributed by atoms with Crippen LogP contribution in [0.3, 0.4) is 0 Å². The molecule has 12 heavy (non-hydrogen) atoms. The molecule has 3 heteroatoms. The van der Waals surface area contributed by atoms with Crippen LogP contribution in [0.25, 0.3) is 0 Å². The Bertz CT molecular complexity index is 147. The highest BCUT2D eigenvalue weighted by atomic mass is 35.6. The largest absolute Gasteiger partial charge is 0.398 e. The van der Waals surface area contributed by atoms with Crippen molar-refractivity contribution >= 4 is 18.7 Å². The van der Waals surface area contributed by atoms with Crippen molar-refractivity contribution in [1.82, 2.24) is 0 Å². The average Bonchev–Trinajstić information content (AvgIpc) is 1.83. The number of halogens is 1. The van der Waals surface area contributed by atoms with Crippen LogP contribution in [0, 0.1) is 0 Å². The minimum absolute atomic E-state index is 0.0503. The van der Waals surface area contributed by atoms with Gasteiger partial charge in [-0.1, -0.05) is 19.3 Å². The molecule has 0 amide bonds. The van der Waals surface area contributed by atoms with Crippen LogP contribution in [-0.2, 0) is 4.43 Å². The Morgan fingerprint density at radius 1 is 1.08 bits per heavy atom.